The Balaban J connectivity index is 1.63. The van der Waals surface area contributed by atoms with Gasteiger partial charge in [-0.3, -0.25) is 4.90 Å². The predicted molar refractivity (Wildman–Crippen MR) is 76.0 cm³/mol. The first-order valence-electron chi connectivity index (χ1n) is 6.89. The van der Waals surface area contributed by atoms with Gasteiger partial charge in [0.2, 0.25) is 5.89 Å². The second-order valence-corrected chi connectivity index (χ2v) is 6.13. The van der Waals surface area contributed by atoms with E-state index in [4.69, 9.17) is 4.42 Å². The van der Waals surface area contributed by atoms with Crippen LogP contribution in [0.15, 0.2) is 21.9 Å². The van der Waals surface area contributed by atoms with Crippen LogP contribution in [-0.4, -0.2) is 28.2 Å². The summed E-state index contributed by atoms with van der Waals surface area (Å²) in [5.74, 6) is 1.36. The molecule has 0 aliphatic heterocycles. The van der Waals surface area contributed by atoms with Crippen LogP contribution in [0.25, 0.3) is 10.8 Å². The lowest BCUT2D eigenvalue weighted by Crippen LogP contribution is -2.32. The fraction of sp³-hybridized carbons (Fsp3) is 0.571. The molecule has 0 bridgehead atoms. The molecule has 0 amide bonds. The highest BCUT2D eigenvalue weighted by Gasteiger charge is 2.20. The number of thiophene rings is 1. The molecule has 0 N–H and O–H groups in total. The first kappa shape index (κ1) is 12.8. The van der Waals surface area contributed by atoms with Crippen LogP contribution in [0, 0.1) is 0 Å². The van der Waals surface area contributed by atoms with Crippen LogP contribution >= 0.6 is 11.3 Å². The van der Waals surface area contributed by atoms with Crippen molar-refractivity contribution >= 4 is 11.3 Å². The molecule has 102 valence electrons. The number of hydrogen-bond acceptors (Lipinski definition) is 5. The van der Waals surface area contributed by atoms with E-state index in [1.54, 1.807) is 11.3 Å². The van der Waals surface area contributed by atoms with Crippen molar-refractivity contribution in [3.8, 4) is 10.8 Å². The fourth-order valence-electron chi connectivity index (χ4n) is 2.68. The third-order valence-corrected chi connectivity index (χ3v) is 4.64. The minimum atomic E-state index is 0.641. The van der Waals surface area contributed by atoms with E-state index in [2.05, 4.69) is 22.1 Å². The molecular formula is C14H19N3OS. The maximum Gasteiger partial charge on any atom is 0.257 e. The summed E-state index contributed by atoms with van der Waals surface area (Å²) in [6.45, 7) is 0.753. The van der Waals surface area contributed by atoms with Crippen molar-refractivity contribution in [2.24, 2.45) is 0 Å². The lowest BCUT2D eigenvalue weighted by Gasteiger charge is -2.29. The number of hydrogen-bond donors (Lipinski definition) is 0. The highest BCUT2D eigenvalue weighted by Crippen LogP contribution is 2.25. The summed E-state index contributed by atoms with van der Waals surface area (Å²) >= 11 is 1.63. The summed E-state index contributed by atoms with van der Waals surface area (Å²) in [7, 11) is 2.16. The van der Waals surface area contributed by atoms with Gasteiger partial charge in [0.05, 0.1) is 11.4 Å². The van der Waals surface area contributed by atoms with Gasteiger partial charge in [-0.15, -0.1) is 21.5 Å². The van der Waals surface area contributed by atoms with Gasteiger partial charge < -0.3 is 4.42 Å². The molecule has 1 saturated carbocycles. The van der Waals surface area contributed by atoms with E-state index in [1.165, 1.54) is 32.1 Å². The standard InChI is InChI=1S/C14H19N3OS/c1-17(11-6-3-2-4-7-11)10-13-15-16-14(18-13)12-8-5-9-19-12/h5,8-9,11H,2-4,6-7,10H2,1H3. The quantitative estimate of drug-likeness (QED) is 0.857. The second kappa shape index (κ2) is 5.84. The lowest BCUT2D eigenvalue weighted by atomic mass is 9.94. The van der Waals surface area contributed by atoms with Crippen molar-refractivity contribution in [3.05, 3.63) is 23.4 Å². The van der Waals surface area contributed by atoms with E-state index in [0.717, 1.165) is 17.3 Å². The molecule has 0 aromatic carbocycles. The van der Waals surface area contributed by atoms with E-state index < -0.39 is 0 Å². The first-order chi connectivity index (χ1) is 9.33. The second-order valence-electron chi connectivity index (χ2n) is 5.19. The number of aromatic nitrogens is 2. The Morgan fingerprint density at radius 3 is 2.89 bits per heavy atom. The number of rotatable bonds is 4. The highest BCUT2D eigenvalue weighted by molar-refractivity contribution is 7.13. The fourth-order valence-corrected chi connectivity index (χ4v) is 3.33. The van der Waals surface area contributed by atoms with E-state index in [1.807, 2.05) is 17.5 Å². The summed E-state index contributed by atoms with van der Waals surface area (Å²) in [5.41, 5.74) is 0. The van der Waals surface area contributed by atoms with Gasteiger partial charge in [0.1, 0.15) is 0 Å². The Hall–Kier alpha value is -1.20. The Morgan fingerprint density at radius 1 is 1.32 bits per heavy atom. The van der Waals surface area contributed by atoms with Crippen molar-refractivity contribution < 1.29 is 4.42 Å². The Morgan fingerprint density at radius 2 is 2.16 bits per heavy atom. The minimum Gasteiger partial charge on any atom is -0.419 e. The van der Waals surface area contributed by atoms with Crippen molar-refractivity contribution in [2.75, 3.05) is 7.05 Å². The summed E-state index contributed by atoms with van der Waals surface area (Å²) in [5, 5.41) is 10.3. The van der Waals surface area contributed by atoms with Crippen molar-refractivity contribution in [2.45, 2.75) is 44.7 Å². The molecule has 0 spiro atoms. The Kier molecular flexibility index (Phi) is 3.94. The zero-order valence-corrected chi connectivity index (χ0v) is 12.0. The zero-order chi connectivity index (χ0) is 13.1. The Labute approximate surface area is 117 Å². The monoisotopic (exact) mass is 277 g/mol. The van der Waals surface area contributed by atoms with Gasteiger partial charge in [0, 0.05) is 6.04 Å². The summed E-state index contributed by atoms with van der Waals surface area (Å²) in [6.07, 6.45) is 6.66. The minimum absolute atomic E-state index is 0.641. The molecule has 1 aliphatic rings. The maximum absolute atomic E-state index is 5.74. The summed E-state index contributed by atoms with van der Waals surface area (Å²) in [4.78, 5) is 3.39. The smallest absolute Gasteiger partial charge is 0.257 e. The average Bonchev–Trinajstić information content (AvgIpc) is 3.10. The predicted octanol–water partition coefficient (Wildman–Crippen LogP) is 3.56. The van der Waals surface area contributed by atoms with Crippen LogP contribution in [-0.2, 0) is 6.54 Å². The highest BCUT2D eigenvalue weighted by atomic mass is 32.1. The molecule has 0 unspecified atom stereocenters. The molecular weight excluding hydrogens is 258 g/mol. The van der Waals surface area contributed by atoms with Gasteiger partial charge in [-0.25, -0.2) is 0 Å². The van der Waals surface area contributed by atoms with Gasteiger partial charge in [-0.2, -0.15) is 0 Å². The van der Waals surface area contributed by atoms with Crippen LogP contribution in [0.5, 0.6) is 0 Å². The number of nitrogens with zero attached hydrogens (tertiary/aromatic N) is 3. The molecule has 5 heteroatoms. The summed E-state index contributed by atoms with van der Waals surface area (Å²) in [6, 6.07) is 4.68. The topological polar surface area (TPSA) is 42.2 Å². The molecule has 0 radical (unpaired) electrons. The molecule has 4 nitrogen and oxygen atoms in total. The Bertz CT molecular complexity index is 503. The lowest BCUT2D eigenvalue weighted by molar-refractivity contribution is 0.170. The summed E-state index contributed by atoms with van der Waals surface area (Å²) < 4.78 is 5.74. The third-order valence-electron chi connectivity index (χ3n) is 3.78. The van der Waals surface area contributed by atoms with Crippen molar-refractivity contribution in [1.82, 2.24) is 15.1 Å². The van der Waals surface area contributed by atoms with E-state index in [-0.39, 0.29) is 0 Å². The van der Waals surface area contributed by atoms with Gasteiger partial charge in [-0.1, -0.05) is 25.3 Å². The molecule has 0 saturated heterocycles. The van der Waals surface area contributed by atoms with E-state index in [9.17, 15) is 0 Å². The molecule has 2 aromatic rings. The molecule has 1 fully saturated rings. The van der Waals surface area contributed by atoms with Crippen LogP contribution in [0.1, 0.15) is 38.0 Å². The molecule has 2 heterocycles. The normalized spacial score (nSPS) is 17.2. The van der Waals surface area contributed by atoms with Gasteiger partial charge in [0.25, 0.3) is 5.89 Å². The largest absolute Gasteiger partial charge is 0.419 e. The molecule has 2 aromatic heterocycles. The molecule has 3 rings (SSSR count). The molecule has 1 aliphatic carbocycles. The maximum atomic E-state index is 5.74. The van der Waals surface area contributed by atoms with Crippen LogP contribution < -0.4 is 0 Å². The molecule has 19 heavy (non-hydrogen) atoms. The van der Waals surface area contributed by atoms with Crippen LogP contribution in [0.3, 0.4) is 0 Å². The first-order valence-corrected chi connectivity index (χ1v) is 7.77. The van der Waals surface area contributed by atoms with E-state index >= 15 is 0 Å². The van der Waals surface area contributed by atoms with Crippen LogP contribution in [0.4, 0.5) is 0 Å². The van der Waals surface area contributed by atoms with Gasteiger partial charge >= 0.3 is 0 Å². The van der Waals surface area contributed by atoms with Gasteiger partial charge in [0.15, 0.2) is 0 Å². The molecule has 0 atom stereocenters. The van der Waals surface area contributed by atoms with E-state index in [0.29, 0.717) is 11.9 Å². The zero-order valence-electron chi connectivity index (χ0n) is 11.2. The third kappa shape index (κ3) is 3.04. The average molecular weight is 277 g/mol. The van der Waals surface area contributed by atoms with Crippen molar-refractivity contribution in [3.63, 3.8) is 0 Å². The van der Waals surface area contributed by atoms with Crippen LogP contribution in [0.2, 0.25) is 0 Å². The van der Waals surface area contributed by atoms with Gasteiger partial charge in [-0.05, 0) is 31.3 Å². The van der Waals surface area contributed by atoms with Crippen molar-refractivity contribution in [1.29, 1.82) is 0 Å². The SMILES string of the molecule is CN(Cc1nnc(-c2cccs2)o1)C1CCCCC1.